The minimum absolute atomic E-state index is 0. The first-order valence-corrected chi connectivity index (χ1v) is 0. The van der Waals surface area contributed by atoms with Crippen LogP contribution in [0.4, 0.5) is 0 Å². The van der Waals surface area contributed by atoms with Gasteiger partial charge in [0.25, 0.3) is 0 Å². The van der Waals surface area contributed by atoms with Crippen molar-refractivity contribution in [3.05, 3.63) is 0 Å². The van der Waals surface area contributed by atoms with Crippen LogP contribution < -0.4 is 70.2 Å². The predicted octanol–water partition coefficient (Wildman–Crippen LogP) is -6.95. The molecule has 0 radical (unpaired) electrons. The van der Waals surface area contributed by atoms with Crippen LogP contribution in [0, 0.1) is 41.7 Å². The van der Waals surface area contributed by atoms with Crippen LogP contribution in [0.2, 0.25) is 0 Å². The zero-order valence-electron chi connectivity index (χ0n) is 5.21. The molecular weight excluding hydrogens is 395 g/mol. The standard InChI is InChI=1S/Bi.Ce.K.Li.5H/q;;2*+1;;;;2*-1. The summed E-state index contributed by atoms with van der Waals surface area (Å²) in [6.07, 6.45) is 0. The Bertz CT molecular complexity index is 13.5. The Kier molecular flexibility index (Phi) is 92.4. The summed E-state index contributed by atoms with van der Waals surface area (Å²) in [5.74, 6) is 0. The van der Waals surface area contributed by atoms with Crippen molar-refractivity contribution in [2.75, 3.05) is 0 Å². The molecule has 0 aromatic rings. The first kappa shape index (κ1) is 23.6. The van der Waals surface area contributed by atoms with Crippen molar-refractivity contribution < 1.29 is 115 Å². The largest absolute Gasteiger partial charge is 1.00 e. The van der Waals surface area contributed by atoms with E-state index in [4.69, 9.17) is 0 Å². The van der Waals surface area contributed by atoms with Crippen molar-refractivity contribution in [3.8, 4) is 0 Å². The van der Waals surface area contributed by atoms with Gasteiger partial charge in [-0.3, -0.25) is 0 Å². The van der Waals surface area contributed by atoms with E-state index >= 15 is 0 Å². The molecule has 0 nitrogen and oxygen atoms in total. The van der Waals surface area contributed by atoms with E-state index in [0.717, 1.165) is 0 Å². The molecule has 0 spiro atoms. The quantitative estimate of drug-likeness (QED) is 0.355. The van der Waals surface area contributed by atoms with E-state index in [1.807, 2.05) is 0 Å². The summed E-state index contributed by atoms with van der Waals surface area (Å²) in [6, 6.07) is 0. The molecule has 0 rings (SSSR count). The van der Waals surface area contributed by atoms with Crippen molar-refractivity contribution in [2.24, 2.45) is 0 Å². The van der Waals surface area contributed by atoms with Crippen molar-refractivity contribution in [3.63, 3.8) is 0 Å². The van der Waals surface area contributed by atoms with Gasteiger partial charge in [0, 0.05) is 41.7 Å². The third-order valence-corrected chi connectivity index (χ3v) is 0. The summed E-state index contributed by atoms with van der Waals surface area (Å²) in [6.45, 7) is 0. The van der Waals surface area contributed by atoms with E-state index < -0.39 is 0 Å². The second-order valence-corrected chi connectivity index (χ2v) is 0. The molecule has 0 saturated heterocycles. The van der Waals surface area contributed by atoms with Crippen LogP contribution >= 0.6 is 0 Å². The maximum absolute atomic E-state index is 0. The average molecular weight is 400 g/mol. The fourth-order valence-corrected chi connectivity index (χ4v) is 0. The summed E-state index contributed by atoms with van der Waals surface area (Å²) in [7, 11) is 0. The number of hydrogen-bond donors (Lipinski definition) is 0. The molecule has 0 heterocycles. The first-order valence-electron chi connectivity index (χ1n) is 0. The molecule has 4 heteroatoms. The third-order valence-electron chi connectivity index (χ3n) is 0. The fourth-order valence-electron chi connectivity index (χ4n) is 0. The van der Waals surface area contributed by atoms with Crippen molar-refractivity contribution in [1.82, 2.24) is 0 Å². The molecule has 0 amide bonds. The second kappa shape index (κ2) is 15.6. The Morgan fingerprint density at radius 3 is 1.25 bits per heavy atom. The van der Waals surface area contributed by atoms with Gasteiger partial charge < -0.3 is 2.85 Å². The maximum atomic E-state index is 0. The second-order valence-electron chi connectivity index (χ2n) is 0. The predicted molar refractivity (Wildman–Crippen MR) is 12.2 cm³/mol. The monoisotopic (exact) mass is 400 g/mol. The maximum Gasteiger partial charge on any atom is 1.00 e. The van der Waals surface area contributed by atoms with Gasteiger partial charge in [-0.25, -0.2) is 0 Å². The van der Waals surface area contributed by atoms with E-state index in [2.05, 4.69) is 0 Å². The molecule has 0 N–H and O–H groups in total. The first-order chi connectivity index (χ1) is 0. The Labute approximate surface area is 137 Å². The summed E-state index contributed by atoms with van der Waals surface area (Å²) < 4.78 is 0. The van der Waals surface area contributed by atoms with Gasteiger partial charge >= 0.3 is 96.4 Å². The Balaban J connectivity index is 0. The van der Waals surface area contributed by atoms with Crippen LogP contribution in [0.5, 0.6) is 0 Å². The zero-order chi connectivity index (χ0) is 0. The van der Waals surface area contributed by atoms with Crippen molar-refractivity contribution >= 4 is 26.2 Å². The van der Waals surface area contributed by atoms with Gasteiger partial charge in [-0.2, -0.15) is 0 Å². The van der Waals surface area contributed by atoms with Gasteiger partial charge in [-0.1, -0.05) is 0 Å². The van der Waals surface area contributed by atoms with Crippen LogP contribution in [0.1, 0.15) is 2.85 Å². The average Bonchev–Trinajstić information content (AvgIpc) is 0. The van der Waals surface area contributed by atoms with Crippen LogP contribution in [-0.4, -0.2) is 26.2 Å². The topological polar surface area (TPSA) is 0 Å². The third kappa shape index (κ3) is 9.71. The molecule has 0 aliphatic carbocycles. The van der Waals surface area contributed by atoms with Crippen LogP contribution in [-0.2, 0) is 0 Å². The Hall–Kier alpha value is 4.49. The van der Waals surface area contributed by atoms with Gasteiger partial charge in [-0.05, 0) is 0 Å². The van der Waals surface area contributed by atoms with E-state index in [1.54, 1.807) is 0 Å². The van der Waals surface area contributed by atoms with Gasteiger partial charge in [0.2, 0.25) is 0 Å². The molecule has 4 heavy (non-hydrogen) atoms. The summed E-state index contributed by atoms with van der Waals surface area (Å²) in [4.78, 5) is 0. The smallest absolute Gasteiger partial charge is 1.00 e. The Morgan fingerprint density at radius 1 is 1.25 bits per heavy atom. The molecule has 0 aromatic heterocycles. The van der Waals surface area contributed by atoms with Crippen LogP contribution in [0.25, 0.3) is 0 Å². The molecule has 16 valence electrons. The van der Waals surface area contributed by atoms with E-state index in [0.29, 0.717) is 0 Å². The van der Waals surface area contributed by atoms with Gasteiger partial charge in [0.15, 0.2) is 0 Å². The summed E-state index contributed by atoms with van der Waals surface area (Å²) >= 11 is 0. The Morgan fingerprint density at radius 2 is 1.25 bits per heavy atom. The minimum atomic E-state index is 0. The van der Waals surface area contributed by atoms with Crippen molar-refractivity contribution in [2.45, 2.75) is 0 Å². The molecule has 0 saturated carbocycles. The molecule has 0 aromatic carbocycles. The molecule has 0 aliphatic heterocycles. The molecule has 0 bridgehead atoms. The normalized spacial score (nSPS) is 0. The molecule has 0 fully saturated rings. The van der Waals surface area contributed by atoms with E-state index in [9.17, 15) is 0 Å². The summed E-state index contributed by atoms with van der Waals surface area (Å²) in [5.41, 5.74) is 0. The number of rotatable bonds is 0. The number of hydrogen-bond acceptors (Lipinski definition) is 0. The van der Waals surface area contributed by atoms with E-state index in [-0.39, 0.29) is 141 Å². The van der Waals surface area contributed by atoms with E-state index in [1.165, 1.54) is 0 Å². The van der Waals surface area contributed by atoms with Crippen LogP contribution in [0.15, 0.2) is 0 Å². The fraction of sp³-hybridized carbons (Fsp3) is 0. The zero-order valence-corrected chi connectivity index (χ0v) is 15.0. The minimum Gasteiger partial charge on any atom is -1.00 e. The van der Waals surface area contributed by atoms with Crippen molar-refractivity contribution in [1.29, 1.82) is 0 Å². The molecular formula is H5BiCeKLi. The summed E-state index contributed by atoms with van der Waals surface area (Å²) in [5, 5.41) is 0. The van der Waals surface area contributed by atoms with Gasteiger partial charge in [0.1, 0.15) is 0 Å². The van der Waals surface area contributed by atoms with Gasteiger partial charge in [0.05, 0.1) is 0 Å². The molecule has 0 aliphatic rings. The van der Waals surface area contributed by atoms with Crippen LogP contribution in [0.3, 0.4) is 0 Å². The molecule has 0 atom stereocenters. The van der Waals surface area contributed by atoms with Gasteiger partial charge in [-0.15, -0.1) is 0 Å². The molecule has 0 unspecified atom stereocenters. The SMILES string of the molecule is [BiH3].[Ce].[H-].[H-].[K+].[Li+].